The van der Waals surface area contributed by atoms with Crippen LogP contribution in [0, 0.1) is 72.5 Å². The Morgan fingerprint density at radius 3 is 0.678 bits per heavy atom. The fraction of sp³-hybridized carbons (Fsp3) is 0.727. The molecule has 3 fully saturated rings. The van der Waals surface area contributed by atoms with Gasteiger partial charge in [0.05, 0.1) is 79.3 Å². The van der Waals surface area contributed by atoms with E-state index in [1.807, 2.05) is 0 Å². The third kappa shape index (κ3) is 34.1. The topological polar surface area (TPSA) is 258 Å². The van der Waals surface area contributed by atoms with Crippen LogP contribution in [-0.4, -0.2) is 194 Å². The number of ether oxygens (including phenoxy) is 9. The summed E-state index contributed by atoms with van der Waals surface area (Å²) < 4.78 is 50.7. The third-order valence-electron chi connectivity index (χ3n) is 15.5. The van der Waals surface area contributed by atoms with Crippen LogP contribution in [0.4, 0.5) is 0 Å². The van der Waals surface area contributed by atoms with Gasteiger partial charge in [-0.05, 0) is 134 Å². The van der Waals surface area contributed by atoms with Crippen molar-refractivity contribution in [2.45, 2.75) is 116 Å². The number of terminal acetylenes is 3. The molecule has 6 N–H and O–H groups in total. The number of nitrogens with one attached hydrogen (secondary N) is 6. The van der Waals surface area contributed by atoms with Crippen molar-refractivity contribution in [1.82, 2.24) is 31.9 Å². The van der Waals surface area contributed by atoms with Crippen LogP contribution in [0.25, 0.3) is 0 Å². The van der Waals surface area contributed by atoms with E-state index in [0.717, 1.165) is 96.3 Å². The smallest absolute Gasteiger partial charge is 0.251 e. The molecule has 3 aliphatic carbocycles. The van der Waals surface area contributed by atoms with E-state index in [0.29, 0.717) is 195 Å². The van der Waals surface area contributed by atoms with Crippen LogP contribution in [0.3, 0.4) is 0 Å². The first kappa shape index (κ1) is 73.8. The molecule has 0 spiro atoms. The Labute approximate surface area is 518 Å². The molecule has 0 heterocycles. The lowest BCUT2D eigenvalue weighted by Gasteiger charge is -2.24. The normalized spacial score (nSPS) is 19.1. The highest BCUT2D eigenvalue weighted by molar-refractivity contribution is 6.04. The summed E-state index contributed by atoms with van der Waals surface area (Å²) in [6, 6.07) is 4.40. The first-order valence-corrected chi connectivity index (χ1v) is 32.0. The van der Waals surface area contributed by atoms with Crippen molar-refractivity contribution in [2.24, 2.45) is 35.5 Å². The number of hydrogen-bond acceptors (Lipinski definition) is 15. The van der Waals surface area contributed by atoms with Crippen molar-refractivity contribution in [2.75, 3.05) is 158 Å². The van der Waals surface area contributed by atoms with Gasteiger partial charge in [-0.2, -0.15) is 0 Å². The molecule has 0 atom stereocenters. The second kappa shape index (κ2) is 48.3. The summed E-state index contributed by atoms with van der Waals surface area (Å²) in [6.45, 7) is 10.1. The van der Waals surface area contributed by atoms with Crippen LogP contribution in [0.15, 0.2) is 18.2 Å². The number of carbonyl (C=O) groups excluding carboxylic acids is 6. The third-order valence-corrected chi connectivity index (χ3v) is 15.5. The number of rotatable bonds is 48. The van der Waals surface area contributed by atoms with E-state index in [9.17, 15) is 28.8 Å². The van der Waals surface area contributed by atoms with Crippen LogP contribution < -0.4 is 31.9 Å². The van der Waals surface area contributed by atoms with E-state index in [4.69, 9.17) is 61.9 Å². The molecule has 0 unspecified atom stereocenters. The van der Waals surface area contributed by atoms with Crippen LogP contribution in [-0.2, 0) is 57.0 Å². The van der Waals surface area contributed by atoms with Gasteiger partial charge >= 0.3 is 0 Å². The van der Waals surface area contributed by atoms with Gasteiger partial charge in [0, 0.05) is 131 Å². The summed E-state index contributed by atoms with van der Waals surface area (Å²) in [6.07, 6.45) is 30.8. The monoisotopic (exact) mass is 1220 g/mol. The fourth-order valence-electron chi connectivity index (χ4n) is 10.2. The molecule has 21 nitrogen and oxygen atoms in total. The summed E-state index contributed by atoms with van der Waals surface area (Å²) in [5, 5.41) is 17.6. The second-order valence-corrected chi connectivity index (χ2v) is 22.2. The zero-order valence-electron chi connectivity index (χ0n) is 51.8. The number of carbonyl (C=O) groups is 6. The van der Waals surface area contributed by atoms with Gasteiger partial charge in [-0.1, -0.05) is 0 Å². The molecule has 21 heteroatoms. The first-order chi connectivity index (χ1) is 42.6. The first-order valence-electron chi connectivity index (χ1n) is 32.0. The Morgan fingerprint density at radius 2 is 0.483 bits per heavy atom. The average molecular weight is 1220 g/mol. The minimum atomic E-state index is -0.442. The maximum absolute atomic E-state index is 13.4. The summed E-state index contributed by atoms with van der Waals surface area (Å²) in [7, 11) is 0. The highest BCUT2D eigenvalue weighted by Gasteiger charge is 2.27. The van der Waals surface area contributed by atoms with Crippen molar-refractivity contribution >= 4 is 35.4 Å². The van der Waals surface area contributed by atoms with Crippen molar-refractivity contribution in [3.63, 3.8) is 0 Å². The van der Waals surface area contributed by atoms with Gasteiger partial charge in [0.15, 0.2) is 0 Å². The van der Waals surface area contributed by atoms with E-state index in [1.165, 1.54) is 18.2 Å². The Morgan fingerprint density at radius 1 is 0.299 bits per heavy atom. The van der Waals surface area contributed by atoms with Crippen molar-refractivity contribution in [3.8, 4) is 37.0 Å². The van der Waals surface area contributed by atoms with E-state index in [1.54, 1.807) is 0 Å². The largest absolute Gasteiger partial charge is 0.379 e. The molecule has 0 radical (unpaired) electrons. The van der Waals surface area contributed by atoms with Gasteiger partial charge in [-0.3, -0.25) is 28.8 Å². The minimum absolute atomic E-state index is 0.0515. The van der Waals surface area contributed by atoms with Crippen LogP contribution in [0.2, 0.25) is 0 Å². The number of amides is 6. The van der Waals surface area contributed by atoms with Crippen molar-refractivity contribution in [1.29, 1.82) is 0 Å². The Kier molecular flexibility index (Phi) is 41.0. The maximum atomic E-state index is 13.4. The van der Waals surface area contributed by atoms with E-state index in [2.05, 4.69) is 49.7 Å². The van der Waals surface area contributed by atoms with Crippen molar-refractivity contribution in [3.05, 3.63) is 34.9 Å². The maximum Gasteiger partial charge on any atom is 0.251 e. The SMILES string of the molecule is C#CC1CCC(C(=O)NCCCOCCOCCOCCCNC(=O)c2cc(C(=O)NCCCOCCOCCOCCCNC(=O)C3CCC(C#C)CC3)cc(C(=O)NCCCOCCOCCOCCCNC(=O)C3CCC(C#C)CC3)c2)CC1. The molecule has 486 valence electrons. The lowest BCUT2D eigenvalue weighted by Crippen LogP contribution is -2.34. The standard InChI is InChI=1S/C66H102N6O15/c1-4-52-13-19-55(20-14-52)61(73)67-25-7-31-79-37-43-85-46-40-82-34-10-28-70-64(76)58-49-59(65(77)71-29-11-35-83-41-47-86-44-38-80-32-8-26-68-62(74)56-21-15-53(5-2)16-22-56)51-60(50-58)66(78)72-30-12-36-84-42-48-87-45-39-81-33-9-27-69-63(75)57-23-17-54(6-3)18-24-57/h1-3,49-57H,7-48H2,(H,67,73)(H,68,74)(H,69,75)(H,70,76)(H,71,77)(H,72,78). The zero-order valence-corrected chi connectivity index (χ0v) is 51.8. The van der Waals surface area contributed by atoms with Crippen LogP contribution >= 0.6 is 0 Å². The molecule has 0 aromatic heterocycles. The molecule has 0 aliphatic heterocycles. The van der Waals surface area contributed by atoms with E-state index < -0.39 is 17.7 Å². The van der Waals surface area contributed by atoms with E-state index in [-0.39, 0.29) is 52.2 Å². The molecule has 0 saturated heterocycles. The molecular formula is C66H102N6O15. The number of hydrogen-bond donors (Lipinski definition) is 6. The van der Waals surface area contributed by atoms with Crippen molar-refractivity contribution < 1.29 is 71.4 Å². The van der Waals surface area contributed by atoms with Crippen LogP contribution in [0.1, 0.15) is 147 Å². The molecule has 0 bridgehead atoms. The zero-order chi connectivity index (χ0) is 62.2. The van der Waals surface area contributed by atoms with Gasteiger partial charge in [-0.25, -0.2) is 0 Å². The minimum Gasteiger partial charge on any atom is -0.379 e. The predicted octanol–water partition coefficient (Wildman–Crippen LogP) is 5.03. The molecule has 4 rings (SSSR count). The molecular weight excluding hydrogens is 1120 g/mol. The highest BCUT2D eigenvalue weighted by Crippen LogP contribution is 2.30. The summed E-state index contributed by atoms with van der Waals surface area (Å²) >= 11 is 0. The van der Waals surface area contributed by atoms with Crippen LogP contribution in [0.5, 0.6) is 0 Å². The molecule has 87 heavy (non-hydrogen) atoms. The lowest BCUT2D eigenvalue weighted by atomic mass is 9.82. The average Bonchev–Trinajstić information content (AvgIpc) is 3.74. The highest BCUT2D eigenvalue weighted by atomic mass is 16.6. The Hall–Kier alpha value is -5.64. The number of benzene rings is 1. The van der Waals surface area contributed by atoms with Gasteiger partial charge in [0.2, 0.25) is 17.7 Å². The molecule has 6 amide bonds. The molecule has 1 aromatic carbocycles. The van der Waals surface area contributed by atoms with E-state index >= 15 is 0 Å². The van der Waals surface area contributed by atoms with Gasteiger partial charge in [0.1, 0.15) is 0 Å². The Bertz CT molecular complexity index is 1970. The lowest BCUT2D eigenvalue weighted by molar-refractivity contribution is -0.126. The second-order valence-electron chi connectivity index (χ2n) is 22.2. The van der Waals surface area contributed by atoms with Gasteiger partial charge < -0.3 is 74.5 Å². The Balaban J connectivity index is 1.05. The van der Waals surface area contributed by atoms with Gasteiger partial charge in [0.25, 0.3) is 17.7 Å². The molecule has 1 aromatic rings. The summed E-state index contributed by atoms with van der Waals surface area (Å²) in [4.78, 5) is 77.4. The predicted molar refractivity (Wildman–Crippen MR) is 330 cm³/mol. The van der Waals surface area contributed by atoms with Gasteiger partial charge in [-0.15, -0.1) is 37.0 Å². The summed E-state index contributed by atoms with van der Waals surface area (Å²) in [5.74, 6) is 8.41. The summed E-state index contributed by atoms with van der Waals surface area (Å²) in [5.41, 5.74) is 0.479. The fourth-order valence-corrected chi connectivity index (χ4v) is 10.2. The molecule has 3 saturated carbocycles. The quantitative estimate of drug-likeness (QED) is 0.0370. The molecule has 3 aliphatic rings.